The molecular formula is C37H39N5O6. The SMILES string of the molecule is O=C1N[C@]2(C(=O)NOc3ccccc3)C[C@H]2C=CCCCCC[C@H](Nc2ccccc2)C(=O)N2C[C@H](Oc3nc4ccccc4o3)C[C@@H]12. The van der Waals surface area contributed by atoms with Gasteiger partial charge in [0.15, 0.2) is 11.3 Å². The zero-order chi connectivity index (χ0) is 32.9. The molecule has 0 bridgehead atoms. The van der Waals surface area contributed by atoms with Crippen LogP contribution in [0.2, 0.25) is 0 Å². The van der Waals surface area contributed by atoms with Crippen molar-refractivity contribution in [1.29, 1.82) is 0 Å². The van der Waals surface area contributed by atoms with Gasteiger partial charge >= 0.3 is 6.08 Å². The number of oxazole rings is 1. The maximum atomic E-state index is 14.4. The number of fused-ring (bicyclic) bond motifs is 3. The third-order valence-electron chi connectivity index (χ3n) is 9.31. The number of carbonyl (C=O) groups excluding carboxylic acids is 3. The molecule has 4 aromatic rings. The Bertz CT molecular complexity index is 1750. The van der Waals surface area contributed by atoms with Gasteiger partial charge in [-0.2, -0.15) is 10.5 Å². The molecule has 48 heavy (non-hydrogen) atoms. The quantitative estimate of drug-likeness (QED) is 0.185. The second-order valence-corrected chi connectivity index (χ2v) is 12.7. The van der Waals surface area contributed by atoms with Crippen LogP contribution in [0.25, 0.3) is 11.1 Å². The zero-order valence-electron chi connectivity index (χ0n) is 26.5. The van der Waals surface area contributed by atoms with Gasteiger partial charge in [-0.05, 0) is 62.1 Å². The largest absolute Gasteiger partial charge is 0.445 e. The van der Waals surface area contributed by atoms with E-state index in [2.05, 4.69) is 27.2 Å². The molecule has 1 aliphatic carbocycles. The first-order valence-electron chi connectivity index (χ1n) is 16.6. The first-order valence-corrected chi connectivity index (χ1v) is 16.6. The lowest BCUT2D eigenvalue weighted by Crippen LogP contribution is -2.57. The molecular weight excluding hydrogens is 610 g/mol. The van der Waals surface area contributed by atoms with Gasteiger partial charge in [-0.15, -0.1) is 0 Å². The summed E-state index contributed by atoms with van der Waals surface area (Å²) in [6.07, 6.45) is 8.41. The summed E-state index contributed by atoms with van der Waals surface area (Å²) in [7, 11) is 0. The van der Waals surface area contributed by atoms with Crippen molar-refractivity contribution in [2.45, 2.75) is 68.7 Å². The van der Waals surface area contributed by atoms with E-state index in [0.29, 0.717) is 29.7 Å². The molecule has 11 heteroatoms. The van der Waals surface area contributed by atoms with E-state index in [1.54, 1.807) is 35.2 Å². The number of hydroxylamine groups is 1. The predicted octanol–water partition coefficient (Wildman–Crippen LogP) is 5.16. The van der Waals surface area contributed by atoms with Crippen molar-refractivity contribution in [3.05, 3.63) is 97.1 Å². The molecule has 1 saturated heterocycles. The normalized spacial score (nSPS) is 26.0. The zero-order valence-corrected chi connectivity index (χ0v) is 26.5. The van der Waals surface area contributed by atoms with Gasteiger partial charge < -0.3 is 29.5 Å². The van der Waals surface area contributed by atoms with Crippen LogP contribution in [0.1, 0.15) is 44.9 Å². The van der Waals surface area contributed by atoms with Gasteiger partial charge in [0, 0.05) is 18.0 Å². The highest BCUT2D eigenvalue weighted by molar-refractivity contribution is 5.98. The number of para-hydroxylation sites is 4. The lowest BCUT2D eigenvalue weighted by molar-refractivity contribution is -0.141. The van der Waals surface area contributed by atoms with Crippen molar-refractivity contribution in [2.24, 2.45) is 5.92 Å². The summed E-state index contributed by atoms with van der Waals surface area (Å²) in [5.74, 6) is -0.810. The molecule has 1 aromatic heterocycles. The van der Waals surface area contributed by atoms with Crippen LogP contribution < -0.4 is 25.7 Å². The Kier molecular flexibility index (Phi) is 9.00. The Morgan fingerprint density at radius 2 is 1.73 bits per heavy atom. The second kappa shape index (κ2) is 13.8. The van der Waals surface area contributed by atoms with Gasteiger partial charge in [-0.1, -0.05) is 73.5 Å². The molecule has 11 nitrogen and oxygen atoms in total. The fourth-order valence-corrected chi connectivity index (χ4v) is 6.63. The molecule has 3 N–H and O–H groups in total. The van der Waals surface area contributed by atoms with E-state index in [4.69, 9.17) is 14.0 Å². The monoisotopic (exact) mass is 649 g/mol. The maximum absolute atomic E-state index is 14.4. The average Bonchev–Trinajstić information content (AvgIpc) is 3.41. The number of nitrogens with one attached hydrogen (secondary N) is 3. The van der Waals surface area contributed by atoms with E-state index in [1.165, 1.54) is 0 Å². The van der Waals surface area contributed by atoms with Crippen LogP contribution in [0.15, 0.2) is 101 Å². The van der Waals surface area contributed by atoms with Crippen LogP contribution >= 0.6 is 0 Å². The number of benzene rings is 3. The summed E-state index contributed by atoms with van der Waals surface area (Å²) < 4.78 is 12.0. The standard InChI is InChI=1S/C37H39N5O6/c43-33-31-22-28(46-36-39-29-19-12-13-21-32(29)47-36)24-42(31)34(44)30(38-26-15-7-4-8-16-26)20-11-3-1-2-6-14-25-23-37(25,40-33)35(45)41-48-27-17-9-5-10-18-27/h4-10,12-19,21,25,28,30-31,38H,1-3,11,20,22-24H2,(H,40,43)(H,41,45)/t25-,28-,30+,31+,37-/m1/s1. The third kappa shape index (κ3) is 6.85. The van der Waals surface area contributed by atoms with Gasteiger partial charge in [0.25, 0.3) is 5.91 Å². The minimum atomic E-state index is -1.21. The number of ether oxygens (including phenoxy) is 1. The molecule has 3 aromatic carbocycles. The predicted molar refractivity (Wildman–Crippen MR) is 179 cm³/mol. The molecule has 0 radical (unpaired) electrons. The van der Waals surface area contributed by atoms with Gasteiger partial charge in [-0.25, -0.2) is 0 Å². The van der Waals surface area contributed by atoms with Gasteiger partial charge in [0.05, 0.1) is 6.54 Å². The Labute approximate surface area is 278 Å². The fourth-order valence-electron chi connectivity index (χ4n) is 6.63. The fraction of sp³-hybridized carbons (Fsp3) is 0.351. The molecule has 1 saturated carbocycles. The van der Waals surface area contributed by atoms with E-state index in [9.17, 15) is 14.4 Å². The summed E-state index contributed by atoms with van der Waals surface area (Å²) in [6, 6.07) is 24.4. The van der Waals surface area contributed by atoms with E-state index >= 15 is 0 Å². The van der Waals surface area contributed by atoms with Crippen LogP contribution in [0.5, 0.6) is 11.8 Å². The number of rotatable bonds is 7. The van der Waals surface area contributed by atoms with Crippen molar-refractivity contribution in [2.75, 3.05) is 11.9 Å². The van der Waals surface area contributed by atoms with E-state index in [-0.39, 0.29) is 30.9 Å². The average molecular weight is 650 g/mol. The van der Waals surface area contributed by atoms with Crippen LogP contribution in [0, 0.1) is 5.92 Å². The number of carbonyl (C=O) groups is 3. The van der Waals surface area contributed by atoms with Crippen molar-refractivity contribution in [3.8, 4) is 11.8 Å². The highest BCUT2D eigenvalue weighted by Gasteiger charge is 2.61. The number of amides is 3. The lowest BCUT2D eigenvalue weighted by Gasteiger charge is -2.30. The van der Waals surface area contributed by atoms with Crippen molar-refractivity contribution >= 4 is 34.5 Å². The highest BCUT2D eigenvalue weighted by atomic mass is 16.7. The first kappa shape index (κ1) is 31.3. The number of allylic oxidation sites excluding steroid dienone is 1. The van der Waals surface area contributed by atoms with Crippen LogP contribution in [-0.2, 0) is 14.4 Å². The van der Waals surface area contributed by atoms with Gasteiger partial charge in [0.1, 0.15) is 29.2 Å². The van der Waals surface area contributed by atoms with Crippen molar-refractivity contribution < 1.29 is 28.4 Å². The Hall–Kier alpha value is -5.32. The summed E-state index contributed by atoms with van der Waals surface area (Å²) in [5.41, 5.74) is 3.40. The lowest BCUT2D eigenvalue weighted by atomic mass is 10.0. The summed E-state index contributed by atoms with van der Waals surface area (Å²) in [6.45, 7) is 0.155. The summed E-state index contributed by atoms with van der Waals surface area (Å²) >= 11 is 0. The van der Waals surface area contributed by atoms with Crippen molar-refractivity contribution in [3.63, 3.8) is 0 Å². The topological polar surface area (TPSA) is 135 Å². The molecule has 2 fully saturated rings. The van der Waals surface area contributed by atoms with E-state index in [1.807, 2.05) is 60.7 Å². The van der Waals surface area contributed by atoms with Gasteiger partial charge in [0.2, 0.25) is 11.8 Å². The molecule has 3 heterocycles. The van der Waals surface area contributed by atoms with Crippen LogP contribution in [-0.4, -0.2) is 57.9 Å². The third-order valence-corrected chi connectivity index (χ3v) is 9.31. The minimum Gasteiger partial charge on any atom is -0.445 e. The van der Waals surface area contributed by atoms with E-state index in [0.717, 1.165) is 31.4 Å². The van der Waals surface area contributed by atoms with Gasteiger partial charge in [-0.3, -0.25) is 14.4 Å². The number of anilines is 1. The summed E-state index contributed by atoms with van der Waals surface area (Å²) in [4.78, 5) is 53.9. The molecule has 0 spiro atoms. The maximum Gasteiger partial charge on any atom is 0.394 e. The Morgan fingerprint density at radius 1 is 0.958 bits per heavy atom. The Balaban J connectivity index is 1.16. The number of hydrogen-bond acceptors (Lipinski definition) is 8. The smallest absolute Gasteiger partial charge is 0.394 e. The molecule has 248 valence electrons. The minimum absolute atomic E-state index is 0.0806. The Morgan fingerprint density at radius 3 is 2.54 bits per heavy atom. The van der Waals surface area contributed by atoms with E-state index < -0.39 is 35.5 Å². The second-order valence-electron chi connectivity index (χ2n) is 12.7. The number of aromatic nitrogens is 1. The first-order chi connectivity index (χ1) is 23.5. The van der Waals surface area contributed by atoms with Crippen LogP contribution in [0.3, 0.4) is 0 Å². The summed E-state index contributed by atoms with van der Waals surface area (Å²) in [5, 5.41) is 6.46. The number of nitrogens with zero attached hydrogens (tertiary/aromatic N) is 2. The molecule has 7 rings (SSSR count). The van der Waals surface area contributed by atoms with Crippen molar-refractivity contribution in [1.82, 2.24) is 20.7 Å². The molecule has 0 unspecified atom stereocenters. The molecule has 3 aliphatic rings. The van der Waals surface area contributed by atoms with Crippen LogP contribution in [0.4, 0.5) is 5.69 Å². The molecule has 3 amide bonds. The molecule has 2 aliphatic heterocycles. The number of hydrogen-bond donors (Lipinski definition) is 3. The highest BCUT2D eigenvalue weighted by Crippen LogP contribution is 2.45. The molecule has 5 atom stereocenters.